The van der Waals surface area contributed by atoms with Gasteiger partial charge in [-0.2, -0.15) is 0 Å². The van der Waals surface area contributed by atoms with Crippen molar-refractivity contribution in [1.29, 1.82) is 0 Å². The molecule has 0 radical (unpaired) electrons. The van der Waals surface area contributed by atoms with E-state index >= 15 is 0 Å². The van der Waals surface area contributed by atoms with E-state index in [1.165, 1.54) is 0 Å². The maximum atomic E-state index is 12.9. The first-order chi connectivity index (χ1) is 16.5. The average molecular weight is 487 g/mol. The van der Waals surface area contributed by atoms with Gasteiger partial charge in [-0.3, -0.25) is 4.79 Å². The van der Waals surface area contributed by atoms with Crippen LogP contribution in [0.4, 0.5) is 0 Å². The highest BCUT2D eigenvalue weighted by Crippen LogP contribution is 2.31. The smallest absolute Gasteiger partial charge is 0.253 e. The van der Waals surface area contributed by atoms with E-state index in [1.54, 1.807) is 26.5 Å². The monoisotopic (exact) mass is 486 g/mol. The third-order valence-corrected chi connectivity index (χ3v) is 6.27. The fourth-order valence-electron chi connectivity index (χ4n) is 3.87. The SMILES string of the molecule is CCN(CC)CCCN(Cc1cc2cc(OC)c(OC)cc2[nH]c1=O)C(=S)NCc1ccco1. The number of thiocarbonyl (C=S) groups is 1. The second-order valence-corrected chi connectivity index (χ2v) is 8.34. The molecule has 0 saturated carbocycles. The standard InChI is InChI=1S/C25H34N4O4S/c1-5-28(6-2)10-8-11-29(25(34)26-16-20-9-7-12-33-20)17-19-13-18-14-22(31-3)23(32-4)15-21(18)27-24(19)30/h7,9,12-15H,5-6,8,10-11,16-17H2,1-4H3,(H,26,34)(H,27,30). The summed E-state index contributed by atoms with van der Waals surface area (Å²) in [5, 5.41) is 4.71. The third-order valence-electron chi connectivity index (χ3n) is 5.86. The molecule has 3 rings (SSSR count). The molecule has 0 unspecified atom stereocenters. The van der Waals surface area contributed by atoms with E-state index in [0.717, 1.165) is 43.7 Å². The van der Waals surface area contributed by atoms with Crippen molar-refractivity contribution in [3.05, 3.63) is 58.3 Å². The Labute approximate surface area is 205 Å². The molecule has 9 heteroatoms. The highest BCUT2D eigenvalue weighted by Gasteiger charge is 2.15. The van der Waals surface area contributed by atoms with E-state index in [4.69, 9.17) is 26.1 Å². The van der Waals surface area contributed by atoms with Crippen LogP contribution in [-0.2, 0) is 13.1 Å². The first-order valence-electron chi connectivity index (χ1n) is 11.5. The van der Waals surface area contributed by atoms with Gasteiger partial charge in [0.15, 0.2) is 16.6 Å². The predicted molar refractivity (Wildman–Crippen MR) is 139 cm³/mol. The predicted octanol–water partition coefficient (Wildman–Crippen LogP) is 3.75. The molecule has 3 aromatic rings. The van der Waals surface area contributed by atoms with Gasteiger partial charge in [-0.25, -0.2) is 0 Å². The molecular formula is C25H34N4O4S. The Hall–Kier alpha value is -3.04. The molecule has 0 spiro atoms. The van der Waals surface area contributed by atoms with E-state index in [0.29, 0.717) is 40.8 Å². The zero-order valence-electron chi connectivity index (χ0n) is 20.3. The second kappa shape index (κ2) is 12.4. The number of fused-ring (bicyclic) bond motifs is 1. The van der Waals surface area contributed by atoms with Crippen LogP contribution in [0.3, 0.4) is 0 Å². The van der Waals surface area contributed by atoms with E-state index in [-0.39, 0.29) is 5.56 Å². The number of nitrogens with zero attached hydrogens (tertiary/aromatic N) is 2. The van der Waals surface area contributed by atoms with Gasteiger partial charge in [0.2, 0.25) is 0 Å². The van der Waals surface area contributed by atoms with Crippen LogP contribution >= 0.6 is 12.2 Å². The normalized spacial score (nSPS) is 11.1. The number of aromatic amines is 1. The van der Waals surface area contributed by atoms with Crippen molar-refractivity contribution in [2.45, 2.75) is 33.4 Å². The second-order valence-electron chi connectivity index (χ2n) is 7.96. The van der Waals surface area contributed by atoms with E-state index < -0.39 is 0 Å². The number of hydrogen-bond acceptors (Lipinski definition) is 6. The molecule has 8 nitrogen and oxygen atoms in total. The summed E-state index contributed by atoms with van der Waals surface area (Å²) >= 11 is 5.71. The molecule has 0 atom stereocenters. The van der Waals surface area contributed by atoms with Gasteiger partial charge in [0.05, 0.1) is 39.1 Å². The van der Waals surface area contributed by atoms with Gasteiger partial charge in [-0.15, -0.1) is 0 Å². The summed E-state index contributed by atoms with van der Waals surface area (Å²) in [5.41, 5.74) is 1.17. The molecule has 2 N–H and O–H groups in total. The number of pyridine rings is 1. The molecule has 34 heavy (non-hydrogen) atoms. The Balaban J connectivity index is 1.81. The first-order valence-corrected chi connectivity index (χ1v) is 11.9. The van der Waals surface area contributed by atoms with Crippen molar-refractivity contribution in [3.63, 3.8) is 0 Å². The topological polar surface area (TPSA) is 83.0 Å². The van der Waals surface area contributed by atoms with Crippen molar-refractivity contribution in [1.82, 2.24) is 20.1 Å². The molecule has 0 amide bonds. The number of aromatic nitrogens is 1. The number of benzene rings is 1. The fraction of sp³-hybridized carbons (Fsp3) is 0.440. The van der Waals surface area contributed by atoms with Crippen LogP contribution in [-0.4, -0.2) is 60.3 Å². The van der Waals surface area contributed by atoms with Crippen molar-refractivity contribution in [3.8, 4) is 11.5 Å². The van der Waals surface area contributed by atoms with Gasteiger partial charge in [-0.05, 0) is 62.5 Å². The van der Waals surface area contributed by atoms with Crippen molar-refractivity contribution >= 4 is 28.2 Å². The van der Waals surface area contributed by atoms with Crippen LogP contribution in [0.25, 0.3) is 10.9 Å². The molecule has 0 aliphatic heterocycles. The minimum absolute atomic E-state index is 0.151. The molecule has 2 aromatic heterocycles. The Kier molecular flexibility index (Phi) is 9.35. The lowest BCUT2D eigenvalue weighted by atomic mass is 10.1. The highest BCUT2D eigenvalue weighted by atomic mass is 32.1. The third kappa shape index (κ3) is 6.51. The summed E-state index contributed by atoms with van der Waals surface area (Å²) in [6.07, 6.45) is 2.57. The molecule has 0 fully saturated rings. The molecular weight excluding hydrogens is 452 g/mol. The van der Waals surface area contributed by atoms with Gasteiger partial charge < -0.3 is 34.0 Å². The van der Waals surface area contributed by atoms with Crippen LogP contribution in [0.5, 0.6) is 11.5 Å². The number of hydrogen-bond donors (Lipinski definition) is 2. The summed E-state index contributed by atoms with van der Waals surface area (Å²) in [5.74, 6) is 1.98. The molecule has 2 heterocycles. The number of rotatable bonds is 12. The molecule has 184 valence electrons. The Morgan fingerprint density at radius 2 is 1.85 bits per heavy atom. The fourth-order valence-corrected chi connectivity index (χ4v) is 4.09. The average Bonchev–Trinajstić information content (AvgIpc) is 3.37. The first kappa shape index (κ1) is 25.6. The van der Waals surface area contributed by atoms with Crippen molar-refractivity contribution in [2.24, 2.45) is 0 Å². The summed E-state index contributed by atoms with van der Waals surface area (Å²) in [7, 11) is 3.17. The van der Waals surface area contributed by atoms with E-state index in [1.807, 2.05) is 29.2 Å². The van der Waals surface area contributed by atoms with E-state index in [2.05, 4.69) is 29.0 Å². The number of nitrogens with one attached hydrogen (secondary N) is 2. The molecule has 0 saturated heterocycles. The van der Waals surface area contributed by atoms with Gasteiger partial charge in [-0.1, -0.05) is 13.8 Å². The summed E-state index contributed by atoms with van der Waals surface area (Å²) < 4.78 is 16.2. The van der Waals surface area contributed by atoms with Crippen LogP contribution in [0, 0.1) is 0 Å². The molecule has 0 bridgehead atoms. The van der Waals surface area contributed by atoms with Crippen LogP contribution in [0.2, 0.25) is 0 Å². The maximum Gasteiger partial charge on any atom is 0.253 e. The Bertz CT molecular complexity index is 1130. The minimum atomic E-state index is -0.151. The largest absolute Gasteiger partial charge is 0.493 e. The quantitative estimate of drug-likeness (QED) is 0.375. The maximum absolute atomic E-state index is 12.9. The van der Waals surface area contributed by atoms with Gasteiger partial charge >= 0.3 is 0 Å². The molecule has 0 aliphatic rings. The van der Waals surface area contributed by atoms with Crippen molar-refractivity contribution in [2.75, 3.05) is 40.4 Å². The number of ether oxygens (including phenoxy) is 2. The number of methoxy groups -OCH3 is 2. The lowest BCUT2D eigenvalue weighted by molar-refractivity contribution is 0.279. The minimum Gasteiger partial charge on any atom is -0.493 e. The highest BCUT2D eigenvalue weighted by molar-refractivity contribution is 7.80. The zero-order chi connectivity index (χ0) is 24.5. The summed E-state index contributed by atoms with van der Waals surface area (Å²) in [4.78, 5) is 20.3. The van der Waals surface area contributed by atoms with Gasteiger partial charge in [0, 0.05) is 23.6 Å². The Morgan fingerprint density at radius 1 is 1.12 bits per heavy atom. The Morgan fingerprint density at radius 3 is 2.50 bits per heavy atom. The molecule has 0 aliphatic carbocycles. The number of furan rings is 1. The van der Waals surface area contributed by atoms with Crippen LogP contribution in [0.15, 0.2) is 45.8 Å². The van der Waals surface area contributed by atoms with Crippen LogP contribution in [0.1, 0.15) is 31.6 Å². The van der Waals surface area contributed by atoms with E-state index in [9.17, 15) is 4.79 Å². The number of H-pyrrole nitrogens is 1. The zero-order valence-corrected chi connectivity index (χ0v) is 21.2. The summed E-state index contributed by atoms with van der Waals surface area (Å²) in [6, 6.07) is 9.28. The lowest BCUT2D eigenvalue weighted by Crippen LogP contribution is -2.41. The van der Waals surface area contributed by atoms with Gasteiger partial charge in [0.1, 0.15) is 5.76 Å². The summed E-state index contributed by atoms with van der Waals surface area (Å²) in [6.45, 7) is 8.91. The lowest BCUT2D eigenvalue weighted by Gasteiger charge is -2.27. The molecule has 1 aromatic carbocycles. The van der Waals surface area contributed by atoms with Crippen molar-refractivity contribution < 1.29 is 13.9 Å². The van der Waals surface area contributed by atoms with Crippen LogP contribution < -0.4 is 20.3 Å². The van der Waals surface area contributed by atoms with Gasteiger partial charge in [0.25, 0.3) is 5.56 Å².